The van der Waals surface area contributed by atoms with Gasteiger partial charge in [-0.1, -0.05) is 44.5 Å². The van der Waals surface area contributed by atoms with Crippen LogP contribution in [0.2, 0.25) is 0 Å². The first-order valence-corrected chi connectivity index (χ1v) is 25.6. The van der Waals surface area contributed by atoms with Gasteiger partial charge in [0, 0.05) is 26.4 Å². The van der Waals surface area contributed by atoms with Gasteiger partial charge in [-0.05, 0) is 80.8 Å². The Morgan fingerprint density at radius 2 is 1.49 bits per heavy atom. The maximum atomic E-state index is 14.7. The van der Waals surface area contributed by atoms with E-state index < -0.39 is 143 Å². The van der Waals surface area contributed by atoms with Crippen molar-refractivity contribution in [2.45, 2.75) is 139 Å². The number of carbonyl (C=O) groups is 8. The van der Waals surface area contributed by atoms with Crippen LogP contribution in [0, 0.1) is 5.92 Å². The van der Waals surface area contributed by atoms with E-state index in [0.717, 1.165) is 4.90 Å². The van der Waals surface area contributed by atoms with Gasteiger partial charge in [0.15, 0.2) is 12.1 Å². The number of nitrogens with two attached hydrogens (primary N) is 2. The Balaban J connectivity index is 1.89. The van der Waals surface area contributed by atoms with E-state index in [1.165, 1.54) is 69.4 Å². The summed E-state index contributed by atoms with van der Waals surface area (Å²) in [6.07, 6.45) is -8.67. The molecule has 0 aromatic heterocycles. The molecule has 2 saturated heterocycles. The fourth-order valence-corrected chi connectivity index (χ4v) is 8.61. The first-order chi connectivity index (χ1) is 35.6. The summed E-state index contributed by atoms with van der Waals surface area (Å²) in [6.45, 7) is 4.22. The van der Waals surface area contributed by atoms with Crippen molar-refractivity contribution in [1.29, 1.82) is 0 Å². The second-order valence-electron chi connectivity index (χ2n) is 18.6. The molecule has 4 rings (SSSR count). The molecule has 0 aliphatic carbocycles. The quantitative estimate of drug-likeness (QED) is 0.0223. The summed E-state index contributed by atoms with van der Waals surface area (Å²) < 4.78 is 41.3. The van der Waals surface area contributed by atoms with E-state index in [1.54, 1.807) is 13.8 Å². The lowest BCUT2D eigenvalue weighted by Gasteiger charge is -2.43. The zero-order valence-electron chi connectivity index (χ0n) is 42.4. The molecule has 2 aromatic rings. The summed E-state index contributed by atoms with van der Waals surface area (Å²) in [5, 5.41) is 65.1. The molecule has 0 radical (unpaired) electrons. The lowest BCUT2D eigenvalue weighted by molar-refractivity contribution is -0.170. The number of phenols is 2. The molecule has 0 spiro atoms. The first-order valence-electron chi connectivity index (χ1n) is 24.2. The van der Waals surface area contributed by atoms with E-state index in [1.807, 2.05) is 0 Å². The second-order valence-corrected chi connectivity index (χ2v) is 19.6. The summed E-state index contributed by atoms with van der Waals surface area (Å²) in [5.74, 6) is -10.4. The number of aromatic hydroxyl groups is 2. The number of aliphatic hydroxyl groups is 3. The van der Waals surface area contributed by atoms with Crippen molar-refractivity contribution in [2.75, 3.05) is 20.2 Å². The van der Waals surface area contributed by atoms with Gasteiger partial charge < -0.3 is 78.1 Å². The zero-order chi connectivity index (χ0) is 56.8. The number of likely N-dealkylation sites (N-methyl/N-ethyl adjacent to an activating group) is 1. The van der Waals surface area contributed by atoms with Crippen LogP contribution in [-0.4, -0.2) is 189 Å². The Hall–Kier alpha value is -7.18. The van der Waals surface area contributed by atoms with Crippen molar-refractivity contribution in [2.24, 2.45) is 22.4 Å². The van der Waals surface area contributed by atoms with Crippen LogP contribution < -0.4 is 38.1 Å². The Bertz CT molecular complexity index is 2530. The van der Waals surface area contributed by atoms with Crippen molar-refractivity contribution in [3.63, 3.8) is 0 Å². The number of hydrogen-bond acceptors (Lipinski definition) is 18. The maximum Gasteiger partial charge on any atom is 0.397 e. The van der Waals surface area contributed by atoms with Gasteiger partial charge in [0.2, 0.25) is 35.4 Å². The molecular formula is C47H68N10O18S. The number of nitrogens with zero attached hydrogens (tertiary/aromatic N) is 3. The summed E-state index contributed by atoms with van der Waals surface area (Å²) in [5.41, 5.74) is 11.7. The van der Waals surface area contributed by atoms with Gasteiger partial charge in [0.1, 0.15) is 72.7 Å². The Labute approximate surface area is 437 Å². The number of aliphatic imine (C=N–C) groups is 1. The lowest BCUT2D eigenvalue weighted by atomic mass is 9.96. The Morgan fingerprint density at radius 1 is 0.882 bits per heavy atom. The highest BCUT2D eigenvalue weighted by Gasteiger charge is 2.47. The van der Waals surface area contributed by atoms with Crippen LogP contribution in [0.25, 0.3) is 0 Å². The third kappa shape index (κ3) is 17.4. The van der Waals surface area contributed by atoms with Gasteiger partial charge >= 0.3 is 16.4 Å². The minimum Gasteiger partial charge on any atom is -0.508 e. The van der Waals surface area contributed by atoms with Gasteiger partial charge in [-0.3, -0.25) is 43.1 Å². The highest BCUT2D eigenvalue weighted by atomic mass is 32.3. The number of rotatable bonds is 18. The maximum absolute atomic E-state index is 14.7. The highest BCUT2D eigenvalue weighted by Crippen LogP contribution is 2.25. The van der Waals surface area contributed by atoms with Gasteiger partial charge in [0.05, 0.1) is 6.10 Å². The highest BCUT2D eigenvalue weighted by molar-refractivity contribution is 7.80. The smallest absolute Gasteiger partial charge is 0.397 e. The number of guanidine groups is 1. The van der Waals surface area contributed by atoms with E-state index in [0.29, 0.717) is 10.5 Å². The van der Waals surface area contributed by atoms with Crippen molar-refractivity contribution >= 4 is 63.7 Å². The second kappa shape index (κ2) is 27.6. The predicted octanol–water partition coefficient (Wildman–Crippen LogP) is -3.95. The number of esters is 1. The summed E-state index contributed by atoms with van der Waals surface area (Å²) in [7, 11) is -3.94. The van der Waals surface area contributed by atoms with Crippen LogP contribution in [0.1, 0.15) is 70.9 Å². The molecule has 2 aliphatic heterocycles. The topological polar surface area (TPSA) is 442 Å². The Morgan fingerprint density at radius 3 is 2.05 bits per heavy atom. The average molecular weight is 1090 g/mol. The number of carbonyl (C=O) groups excluding carboxylic acids is 8. The number of nitrogens with one attached hydrogen (secondary N) is 5. The van der Waals surface area contributed by atoms with Gasteiger partial charge in [-0.2, -0.15) is 8.42 Å². The molecule has 12 atom stereocenters. The zero-order valence-corrected chi connectivity index (χ0v) is 43.2. The molecule has 76 heavy (non-hydrogen) atoms. The minimum absolute atomic E-state index is 0.00181. The molecule has 2 bridgehead atoms. The van der Waals surface area contributed by atoms with Crippen LogP contribution in [0.15, 0.2) is 53.5 Å². The molecule has 0 saturated carbocycles. The summed E-state index contributed by atoms with van der Waals surface area (Å²) >= 11 is 0. The number of phenolic OH excluding ortho intramolecular Hbond substituents is 2. The van der Waals surface area contributed by atoms with Crippen LogP contribution in [0.4, 0.5) is 0 Å². The molecule has 29 heteroatoms. The first kappa shape index (κ1) is 61.4. The largest absolute Gasteiger partial charge is 0.508 e. The normalized spacial score (nSPS) is 24.9. The SMILES string of the molecule is CC[C@@H](C)[C@@H]1NC(=O)[C@H](Cc2ccc(O)cc2)N(C)C(=O)[C@H]([C@@H](C)O)N2C(=O)[C@H](CC[C@H]2O)NC(=O)[C@H](CCCN=C(N)N)NC(=O)[C@@H](NC(=O)[C@H](Cc2ccc(O)cc2)NC(=O)[C@H](O)COS(=O)(=O)O)[C@@H](C)OC1=O. The van der Waals surface area contributed by atoms with E-state index in [9.17, 15) is 72.3 Å². The molecule has 2 aliphatic rings. The average Bonchev–Trinajstić information content (AvgIpc) is 3.35. The molecule has 2 fully saturated rings. The van der Waals surface area contributed by atoms with E-state index in [4.69, 9.17) is 20.8 Å². The van der Waals surface area contributed by atoms with Crippen molar-refractivity contribution in [3.8, 4) is 11.5 Å². The number of piperidine rings is 1. The number of hydrogen-bond donors (Lipinski definition) is 13. The van der Waals surface area contributed by atoms with E-state index in [2.05, 4.69) is 35.8 Å². The van der Waals surface area contributed by atoms with Gasteiger partial charge in [-0.25, -0.2) is 8.98 Å². The fraction of sp³-hybridized carbons (Fsp3) is 0.553. The van der Waals surface area contributed by atoms with Crippen LogP contribution in [0.5, 0.6) is 11.5 Å². The standard InChI is InChI=1S/C47H68N10O18S/c1-6-23(2)36-46(70)75-25(4)37(55-40(64)32(20-26-9-13-28(59)14-10-26)53-42(66)34(61)22-74-76(71,72)73)43(67)51-30(8-7-19-50-47(48)49)39(63)52-31-17-18-35(62)57(44(31)68)38(24(3)58)45(69)56(5)33(41(65)54-36)21-27-11-15-29(60)16-12-27/h9-16,23-25,30-38,58-62H,6-8,17-22H2,1-5H3,(H,51,67)(H,52,63)(H,53,66)(H,54,65)(H,55,64)(H4,48,49,50)(H,71,72,73)/t23-,24-,25-,30+,31+,32+,33+,34-,35-,36+,37+,38+/m1/s1. The number of ether oxygens (including phenoxy) is 1. The van der Waals surface area contributed by atoms with Crippen LogP contribution in [0.3, 0.4) is 0 Å². The van der Waals surface area contributed by atoms with Gasteiger partial charge in [-0.15, -0.1) is 0 Å². The monoisotopic (exact) mass is 1090 g/mol. The molecule has 2 aromatic carbocycles. The van der Waals surface area contributed by atoms with Crippen molar-refractivity contribution < 1.29 is 85.8 Å². The molecule has 0 unspecified atom stereocenters. The molecular weight excluding hydrogens is 1020 g/mol. The van der Waals surface area contributed by atoms with Crippen molar-refractivity contribution in [3.05, 3.63) is 59.7 Å². The predicted molar refractivity (Wildman–Crippen MR) is 266 cm³/mol. The molecule has 15 N–H and O–H groups in total. The third-order valence-electron chi connectivity index (χ3n) is 12.8. The van der Waals surface area contributed by atoms with E-state index in [-0.39, 0.29) is 68.1 Å². The fourth-order valence-electron chi connectivity index (χ4n) is 8.31. The number of fused-ring (bicyclic) bond motifs is 2. The molecule has 420 valence electrons. The summed E-state index contributed by atoms with van der Waals surface area (Å²) in [4.78, 5) is 120. The number of benzene rings is 2. The minimum atomic E-state index is -5.15. The number of cyclic esters (lactones) is 1. The van der Waals surface area contributed by atoms with E-state index >= 15 is 0 Å². The third-order valence-corrected chi connectivity index (χ3v) is 13.2. The Kier molecular flexibility index (Phi) is 22.3. The molecule has 7 amide bonds. The van der Waals surface area contributed by atoms with Crippen LogP contribution in [-0.2, 0) is 70.5 Å². The summed E-state index contributed by atoms with van der Waals surface area (Å²) in [6, 6.07) is -1.10. The lowest BCUT2D eigenvalue weighted by Crippen LogP contribution is -2.67. The number of aliphatic hydroxyl groups excluding tert-OH is 3. The van der Waals surface area contributed by atoms with Crippen molar-refractivity contribution in [1.82, 2.24) is 36.4 Å². The molecule has 28 nitrogen and oxygen atoms in total. The molecule has 2 heterocycles. The van der Waals surface area contributed by atoms with Gasteiger partial charge in [0.25, 0.3) is 5.91 Å². The van der Waals surface area contributed by atoms with Crippen LogP contribution >= 0.6 is 0 Å². The number of amides is 7.